The number of methoxy groups -OCH3 is 1. The van der Waals surface area contributed by atoms with E-state index in [1.807, 2.05) is 61.5 Å². The van der Waals surface area contributed by atoms with Crippen molar-refractivity contribution in [2.24, 2.45) is 0 Å². The number of fused-ring (bicyclic) bond motifs is 1. The van der Waals surface area contributed by atoms with Crippen LogP contribution in [-0.2, 0) is 24.4 Å². The van der Waals surface area contributed by atoms with E-state index in [1.54, 1.807) is 17.7 Å². The monoisotopic (exact) mass is 525 g/mol. The Bertz CT molecular complexity index is 1650. The topological polar surface area (TPSA) is 77.0 Å². The minimum Gasteiger partial charge on any atom is -0.379 e. The fourth-order valence-corrected chi connectivity index (χ4v) is 5.55. The molecule has 2 aromatic carbocycles. The molecule has 0 aliphatic carbocycles. The summed E-state index contributed by atoms with van der Waals surface area (Å²) in [7, 11) is 1.62. The van der Waals surface area contributed by atoms with Crippen LogP contribution in [0.1, 0.15) is 42.7 Å². The van der Waals surface area contributed by atoms with Crippen molar-refractivity contribution < 1.29 is 4.74 Å². The number of nitrogens with zero attached hydrogens (tertiary/aromatic N) is 3. The first-order valence-electron chi connectivity index (χ1n) is 12.7. The van der Waals surface area contributed by atoms with Crippen molar-refractivity contribution in [3.05, 3.63) is 115 Å². The van der Waals surface area contributed by atoms with Crippen molar-refractivity contribution in [1.82, 2.24) is 9.13 Å². The number of thiophene rings is 1. The lowest BCUT2D eigenvalue weighted by Gasteiger charge is -2.13. The largest absolute Gasteiger partial charge is 0.379 e. The van der Waals surface area contributed by atoms with E-state index in [9.17, 15) is 14.9 Å². The van der Waals surface area contributed by atoms with Gasteiger partial charge in [0.1, 0.15) is 4.83 Å². The SMILES string of the molecule is C/C=C(\C=C/CC)CCn1c(=O)c2cc(COC)sc2n(Cc2ccc(-c3ccccc3C#N)cc2)c1=O. The van der Waals surface area contributed by atoms with Crippen LogP contribution in [0.15, 0.2) is 88.0 Å². The molecule has 0 spiro atoms. The predicted molar refractivity (Wildman–Crippen MR) is 155 cm³/mol. The average molecular weight is 526 g/mol. The zero-order chi connectivity index (χ0) is 27.1. The molecule has 4 rings (SSSR count). The van der Waals surface area contributed by atoms with E-state index >= 15 is 0 Å². The van der Waals surface area contributed by atoms with E-state index in [0.717, 1.165) is 33.6 Å². The Morgan fingerprint density at radius 3 is 2.55 bits per heavy atom. The van der Waals surface area contributed by atoms with Crippen molar-refractivity contribution in [3.63, 3.8) is 0 Å². The molecule has 0 fully saturated rings. The highest BCUT2D eigenvalue weighted by Gasteiger charge is 2.17. The van der Waals surface area contributed by atoms with Gasteiger partial charge in [-0.1, -0.05) is 73.2 Å². The summed E-state index contributed by atoms with van der Waals surface area (Å²) in [5.41, 5.74) is 3.85. The summed E-state index contributed by atoms with van der Waals surface area (Å²) in [4.78, 5) is 28.6. The van der Waals surface area contributed by atoms with Crippen LogP contribution in [0.5, 0.6) is 0 Å². The van der Waals surface area contributed by atoms with Gasteiger partial charge in [-0.2, -0.15) is 5.26 Å². The van der Waals surface area contributed by atoms with Crippen LogP contribution in [0.2, 0.25) is 0 Å². The highest BCUT2D eigenvalue weighted by atomic mass is 32.1. The standard InChI is InChI=1S/C31H31N3O3S/c1-4-6-9-22(5-2)16-17-33-29(35)28-18-26(21-37-3)38-30(28)34(31(33)36)20-23-12-14-24(15-13-23)27-11-8-7-10-25(27)19-32/h5-15,18H,4,16-17,20-21H2,1-3H3/b9-6-,22-5+. The number of benzene rings is 2. The van der Waals surface area contributed by atoms with Gasteiger partial charge < -0.3 is 4.74 Å². The van der Waals surface area contributed by atoms with Crippen LogP contribution in [0, 0.1) is 11.3 Å². The molecular formula is C31H31N3O3S. The van der Waals surface area contributed by atoms with Gasteiger partial charge in [-0.05, 0) is 48.6 Å². The first-order valence-corrected chi connectivity index (χ1v) is 13.5. The van der Waals surface area contributed by atoms with Crippen LogP contribution in [0.4, 0.5) is 0 Å². The van der Waals surface area contributed by atoms with Crippen molar-refractivity contribution in [3.8, 4) is 17.2 Å². The third kappa shape index (κ3) is 5.77. The summed E-state index contributed by atoms with van der Waals surface area (Å²) >= 11 is 1.42. The van der Waals surface area contributed by atoms with Crippen LogP contribution >= 0.6 is 11.3 Å². The molecular weight excluding hydrogens is 494 g/mol. The molecule has 0 unspecified atom stereocenters. The maximum absolute atomic E-state index is 13.7. The highest BCUT2D eigenvalue weighted by molar-refractivity contribution is 7.18. The molecule has 2 aromatic heterocycles. The van der Waals surface area contributed by atoms with Gasteiger partial charge in [0.2, 0.25) is 0 Å². The number of aromatic nitrogens is 2. The van der Waals surface area contributed by atoms with E-state index in [-0.39, 0.29) is 11.2 Å². The fourth-order valence-electron chi connectivity index (χ4n) is 4.44. The maximum atomic E-state index is 13.7. The molecule has 0 saturated carbocycles. The summed E-state index contributed by atoms with van der Waals surface area (Å²) in [6, 6.07) is 19.4. The van der Waals surface area contributed by atoms with E-state index < -0.39 is 0 Å². The minimum absolute atomic E-state index is 0.266. The molecule has 0 atom stereocenters. The maximum Gasteiger partial charge on any atom is 0.332 e. The number of hydrogen-bond acceptors (Lipinski definition) is 5. The predicted octanol–water partition coefficient (Wildman–Crippen LogP) is 6.26. The van der Waals surface area contributed by atoms with Crippen molar-refractivity contribution >= 4 is 21.6 Å². The quantitative estimate of drug-likeness (QED) is 0.229. The highest BCUT2D eigenvalue weighted by Crippen LogP contribution is 2.26. The number of nitriles is 1. The normalized spacial score (nSPS) is 11.9. The first-order chi connectivity index (χ1) is 18.5. The fraction of sp³-hybridized carbons (Fsp3) is 0.258. The second kappa shape index (κ2) is 12.5. The summed E-state index contributed by atoms with van der Waals surface area (Å²) in [6.07, 6.45) is 7.66. The molecule has 0 saturated heterocycles. The number of allylic oxidation sites excluding steroid dienone is 4. The Hall–Kier alpha value is -3.99. The second-order valence-corrected chi connectivity index (χ2v) is 10.1. The Morgan fingerprint density at radius 1 is 1.11 bits per heavy atom. The third-order valence-corrected chi connectivity index (χ3v) is 7.58. The van der Waals surface area contributed by atoms with E-state index in [4.69, 9.17) is 4.74 Å². The van der Waals surface area contributed by atoms with Crippen LogP contribution in [0.3, 0.4) is 0 Å². The molecule has 0 amide bonds. The summed E-state index contributed by atoms with van der Waals surface area (Å²) in [6.45, 7) is 5.05. The second-order valence-electron chi connectivity index (χ2n) is 8.97. The third-order valence-electron chi connectivity index (χ3n) is 6.45. The van der Waals surface area contributed by atoms with Gasteiger partial charge in [0.15, 0.2) is 0 Å². The minimum atomic E-state index is -0.317. The van der Waals surface area contributed by atoms with Crippen molar-refractivity contribution in [2.75, 3.05) is 7.11 Å². The lowest BCUT2D eigenvalue weighted by atomic mass is 9.99. The Kier molecular flexibility index (Phi) is 8.90. The van der Waals surface area contributed by atoms with E-state index in [1.165, 1.54) is 15.9 Å². The Labute approximate surface area is 226 Å². The van der Waals surface area contributed by atoms with Gasteiger partial charge in [-0.3, -0.25) is 13.9 Å². The smallest absolute Gasteiger partial charge is 0.332 e. The van der Waals surface area contributed by atoms with E-state index in [2.05, 4.69) is 25.1 Å². The van der Waals surface area contributed by atoms with Gasteiger partial charge in [0.25, 0.3) is 5.56 Å². The molecule has 2 heterocycles. The lowest BCUT2D eigenvalue weighted by Crippen LogP contribution is -2.39. The van der Waals surface area contributed by atoms with Gasteiger partial charge in [0.05, 0.1) is 30.2 Å². The van der Waals surface area contributed by atoms with Crippen LogP contribution in [-0.4, -0.2) is 16.2 Å². The van der Waals surface area contributed by atoms with Crippen molar-refractivity contribution in [1.29, 1.82) is 5.26 Å². The summed E-state index contributed by atoms with van der Waals surface area (Å²) in [5.74, 6) is 0. The molecule has 0 radical (unpaired) electrons. The van der Waals surface area contributed by atoms with Crippen LogP contribution in [0.25, 0.3) is 21.3 Å². The van der Waals surface area contributed by atoms with Gasteiger partial charge >= 0.3 is 5.69 Å². The molecule has 4 aromatic rings. The number of ether oxygens (including phenoxy) is 1. The molecule has 6 nitrogen and oxygen atoms in total. The number of rotatable bonds is 10. The molecule has 0 N–H and O–H groups in total. The van der Waals surface area contributed by atoms with E-state index in [0.29, 0.717) is 41.9 Å². The van der Waals surface area contributed by atoms with Crippen LogP contribution < -0.4 is 11.2 Å². The average Bonchev–Trinajstić information content (AvgIpc) is 3.37. The summed E-state index contributed by atoms with van der Waals surface area (Å²) in [5, 5.41) is 9.99. The molecule has 7 heteroatoms. The summed E-state index contributed by atoms with van der Waals surface area (Å²) < 4.78 is 8.34. The molecule has 0 aliphatic heterocycles. The molecule has 194 valence electrons. The zero-order valence-electron chi connectivity index (χ0n) is 21.9. The Morgan fingerprint density at radius 2 is 1.87 bits per heavy atom. The lowest BCUT2D eigenvalue weighted by molar-refractivity contribution is 0.187. The first kappa shape index (κ1) is 27.1. The Balaban J connectivity index is 1.74. The van der Waals surface area contributed by atoms with Gasteiger partial charge in [-0.15, -0.1) is 11.3 Å². The van der Waals surface area contributed by atoms with Gasteiger partial charge in [-0.25, -0.2) is 4.79 Å². The number of hydrogen-bond donors (Lipinski definition) is 0. The molecule has 0 bridgehead atoms. The zero-order valence-corrected chi connectivity index (χ0v) is 22.8. The molecule has 0 aliphatic rings. The van der Waals surface area contributed by atoms with Gasteiger partial charge in [0, 0.05) is 18.5 Å². The molecule has 38 heavy (non-hydrogen) atoms. The van der Waals surface area contributed by atoms with Crippen molar-refractivity contribution in [2.45, 2.75) is 46.4 Å².